The summed E-state index contributed by atoms with van der Waals surface area (Å²) < 4.78 is 2.02. The average Bonchev–Trinajstić information content (AvgIpc) is 2.69. The molecular weight excluding hydrogens is 293 g/mol. The molecule has 1 aliphatic carbocycles. The Morgan fingerprint density at radius 1 is 1.10 bits per heavy atom. The van der Waals surface area contributed by atoms with Crippen LogP contribution in [-0.4, -0.2) is 10.4 Å². The topological polar surface area (TPSA) is 22.0 Å². The minimum Gasteiger partial charge on any atom is -0.320 e. The minimum atomic E-state index is -0.0114. The molecule has 0 fully saturated rings. The van der Waals surface area contributed by atoms with E-state index in [4.69, 9.17) is 23.2 Å². The van der Waals surface area contributed by atoms with Crippen LogP contribution in [0.5, 0.6) is 0 Å². The highest BCUT2D eigenvalue weighted by atomic mass is 35.5. The molecule has 1 heterocycles. The molecule has 0 spiro atoms. The summed E-state index contributed by atoms with van der Waals surface area (Å²) in [7, 11) is 0. The molecule has 0 radical (unpaired) electrons. The number of rotatable bonds is 1. The third kappa shape index (κ3) is 2.38. The summed E-state index contributed by atoms with van der Waals surface area (Å²) >= 11 is 12.1. The van der Waals surface area contributed by atoms with Crippen LogP contribution < -0.4 is 0 Å². The predicted octanol–water partition coefficient (Wildman–Crippen LogP) is 4.94. The third-order valence-corrected chi connectivity index (χ3v) is 4.14. The fourth-order valence-corrected chi connectivity index (χ4v) is 3.38. The first-order valence-electron chi connectivity index (χ1n) is 6.56. The lowest BCUT2D eigenvalue weighted by atomic mass is 9.76. The number of hydrogen-bond donors (Lipinski definition) is 0. The monoisotopic (exact) mass is 307 g/mol. The van der Waals surface area contributed by atoms with E-state index in [-0.39, 0.29) is 11.2 Å². The molecular formula is C16H15Cl2NO. The first kappa shape index (κ1) is 13.7. The standard InChI is InChI=1S/C16H15Cl2NO/c1-16(2)8-14-13(15(20)9-16)3-4-19(14)12-6-10(17)5-11(18)7-12/h3-7H,8-9H2,1-2H3. The van der Waals surface area contributed by atoms with Gasteiger partial charge in [-0.15, -0.1) is 0 Å². The van der Waals surface area contributed by atoms with Gasteiger partial charge in [-0.05, 0) is 36.1 Å². The molecule has 0 aliphatic heterocycles. The van der Waals surface area contributed by atoms with Crippen LogP contribution in [0.25, 0.3) is 5.69 Å². The largest absolute Gasteiger partial charge is 0.320 e. The molecule has 3 rings (SSSR count). The van der Waals surface area contributed by atoms with Gasteiger partial charge >= 0.3 is 0 Å². The zero-order valence-corrected chi connectivity index (χ0v) is 12.9. The summed E-state index contributed by atoms with van der Waals surface area (Å²) in [5, 5.41) is 1.19. The summed E-state index contributed by atoms with van der Waals surface area (Å²) in [6.45, 7) is 4.24. The number of nitrogens with zero attached hydrogens (tertiary/aromatic N) is 1. The number of benzene rings is 1. The number of ketones is 1. The molecule has 4 heteroatoms. The number of hydrogen-bond acceptors (Lipinski definition) is 1. The molecule has 20 heavy (non-hydrogen) atoms. The van der Waals surface area contributed by atoms with Crippen molar-refractivity contribution in [2.45, 2.75) is 26.7 Å². The third-order valence-electron chi connectivity index (χ3n) is 3.70. The molecule has 104 valence electrons. The van der Waals surface area contributed by atoms with Crippen LogP contribution in [0.4, 0.5) is 0 Å². The highest BCUT2D eigenvalue weighted by Gasteiger charge is 2.33. The van der Waals surface area contributed by atoms with Crippen LogP contribution in [0.3, 0.4) is 0 Å². The number of fused-ring (bicyclic) bond motifs is 1. The van der Waals surface area contributed by atoms with Gasteiger partial charge in [0.1, 0.15) is 0 Å². The van der Waals surface area contributed by atoms with Gasteiger partial charge in [0.25, 0.3) is 0 Å². The Kier molecular flexibility index (Phi) is 3.19. The summed E-state index contributed by atoms with van der Waals surface area (Å²) in [6, 6.07) is 7.32. The fraction of sp³-hybridized carbons (Fsp3) is 0.312. The highest BCUT2D eigenvalue weighted by Crippen LogP contribution is 2.36. The van der Waals surface area contributed by atoms with E-state index in [2.05, 4.69) is 13.8 Å². The zero-order valence-electron chi connectivity index (χ0n) is 11.4. The lowest BCUT2D eigenvalue weighted by molar-refractivity contribution is 0.0911. The minimum absolute atomic E-state index is 0.0114. The second kappa shape index (κ2) is 4.64. The van der Waals surface area contributed by atoms with E-state index in [1.165, 1.54) is 0 Å². The van der Waals surface area contributed by atoms with Crippen LogP contribution in [0.1, 0.15) is 36.3 Å². The number of halogens is 2. The number of aromatic nitrogens is 1. The van der Waals surface area contributed by atoms with Crippen molar-refractivity contribution in [2.75, 3.05) is 0 Å². The van der Waals surface area contributed by atoms with Crippen molar-refractivity contribution in [3.63, 3.8) is 0 Å². The molecule has 0 amide bonds. The Bertz CT molecular complexity index is 680. The van der Waals surface area contributed by atoms with E-state index >= 15 is 0 Å². The van der Waals surface area contributed by atoms with Gasteiger partial charge in [0.2, 0.25) is 0 Å². The first-order valence-corrected chi connectivity index (χ1v) is 7.31. The van der Waals surface area contributed by atoms with Gasteiger partial charge < -0.3 is 4.57 Å². The van der Waals surface area contributed by atoms with E-state index in [1.54, 1.807) is 6.07 Å². The molecule has 0 atom stereocenters. The number of carbonyl (C=O) groups excluding carboxylic acids is 1. The van der Waals surface area contributed by atoms with Gasteiger partial charge in [-0.3, -0.25) is 4.79 Å². The Morgan fingerprint density at radius 3 is 2.40 bits per heavy atom. The van der Waals surface area contributed by atoms with Gasteiger partial charge in [0.15, 0.2) is 5.78 Å². The van der Waals surface area contributed by atoms with Crippen LogP contribution in [0.2, 0.25) is 10.0 Å². The molecule has 2 aromatic rings. The van der Waals surface area contributed by atoms with E-state index in [1.807, 2.05) is 29.0 Å². The lowest BCUT2D eigenvalue weighted by Crippen LogP contribution is -2.27. The maximum absolute atomic E-state index is 12.2. The average molecular weight is 308 g/mol. The molecule has 0 saturated heterocycles. The second-order valence-corrected chi connectivity index (χ2v) is 6.99. The van der Waals surface area contributed by atoms with Crippen LogP contribution >= 0.6 is 23.2 Å². The summed E-state index contributed by atoms with van der Waals surface area (Å²) in [5.41, 5.74) is 2.75. The quantitative estimate of drug-likeness (QED) is 0.731. The number of Topliss-reactive ketones (excluding diaryl/α,β-unsaturated/α-hetero) is 1. The van der Waals surface area contributed by atoms with Gasteiger partial charge in [-0.2, -0.15) is 0 Å². The summed E-state index contributed by atoms with van der Waals surface area (Å²) in [6.07, 6.45) is 3.39. The van der Waals surface area contributed by atoms with Gasteiger partial charge in [0, 0.05) is 39.6 Å². The maximum atomic E-state index is 12.2. The van der Waals surface area contributed by atoms with Crippen LogP contribution in [0, 0.1) is 5.41 Å². The molecule has 2 nitrogen and oxygen atoms in total. The van der Waals surface area contributed by atoms with Crippen molar-refractivity contribution < 1.29 is 4.79 Å². The Labute approximate surface area is 128 Å². The SMILES string of the molecule is CC1(C)CC(=O)c2ccn(-c3cc(Cl)cc(Cl)c3)c2C1. The molecule has 0 saturated carbocycles. The van der Waals surface area contributed by atoms with Crippen LogP contribution in [-0.2, 0) is 6.42 Å². The summed E-state index contributed by atoms with van der Waals surface area (Å²) in [5.74, 6) is 0.211. The van der Waals surface area contributed by atoms with Gasteiger partial charge in [-0.1, -0.05) is 37.0 Å². The molecule has 0 bridgehead atoms. The molecule has 0 unspecified atom stereocenters. The highest BCUT2D eigenvalue weighted by molar-refractivity contribution is 6.34. The van der Waals surface area contributed by atoms with E-state index in [0.29, 0.717) is 16.5 Å². The fourth-order valence-electron chi connectivity index (χ4n) is 2.87. The van der Waals surface area contributed by atoms with Crippen molar-refractivity contribution in [1.82, 2.24) is 4.57 Å². The van der Waals surface area contributed by atoms with E-state index < -0.39 is 0 Å². The molecule has 1 aliphatic rings. The van der Waals surface area contributed by atoms with Crippen molar-refractivity contribution in [1.29, 1.82) is 0 Å². The Hall–Kier alpha value is -1.25. The van der Waals surface area contributed by atoms with Crippen molar-refractivity contribution >= 4 is 29.0 Å². The van der Waals surface area contributed by atoms with E-state index in [0.717, 1.165) is 23.4 Å². The Morgan fingerprint density at radius 2 is 1.75 bits per heavy atom. The van der Waals surface area contributed by atoms with Gasteiger partial charge in [0.05, 0.1) is 0 Å². The van der Waals surface area contributed by atoms with Crippen molar-refractivity contribution in [2.24, 2.45) is 5.41 Å². The van der Waals surface area contributed by atoms with Crippen molar-refractivity contribution in [3.05, 3.63) is 51.8 Å². The van der Waals surface area contributed by atoms with Crippen molar-refractivity contribution in [3.8, 4) is 5.69 Å². The smallest absolute Gasteiger partial charge is 0.165 e. The predicted molar refractivity (Wildman–Crippen MR) is 82.2 cm³/mol. The molecule has 1 aromatic heterocycles. The van der Waals surface area contributed by atoms with Gasteiger partial charge in [-0.25, -0.2) is 0 Å². The Balaban J connectivity index is 2.15. The van der Waals surface area contributed by atoms with Crippen LogP contribution in [0.15, 0.2) is 30.5 Å². The normalized spacial score (nSPS) is 17.1. The number of carbonyl (C=O) groups is 1. The first-order chi connectivity index (χ1) is 9.35. The summed E-state index contributed by atoms with van der Waals surface area (Å²) in [4.78, 5) is 12.2. The van der Waals surface area contributed by atoms with E-state index in [9.17, 15) is 4.79 Å². The molecule has 1 aromatic carbocycles. The molecule has 0 N–H and O–H groups in total. The maximum Gasteiger partial charge on any atom is 0.165 e. The second-order valence-electron chi connectivity index (χ2n) is 6.11. The zero-order chi connectivity index (χ0) is 14.5. The lowest BCUT2D eigenvalue weighted by Gasteiger charge is -2.29.